The molecule has 0 amide bonds. The van der Waals surface area contributed by atoms with E-state index < -0.39 is 21.4 Å². The van der Waals surface area contributed by atoms with Gasteiger partial charge in [-0.25, -0.2) is 23.5 Å². The van der Waals surface area contributed by atoms with Crippen molar-refractivity contribution >= 4 is 10.0 Å². The fourth-order valence-electron chi connectivity index (χ4n) is 1.26. The SMILES string of the molecule is COc1cnc([C@@H](OC)[C@H](C)S(N)(=O)=O)nc1. The monoisotopic (exact) mass is 261 g/mol. The summed E-state index contributed by atoms with van der Waals surface area (Å²) in [6.45, 7) is 1.44. The van der Waals surface area contributed by atoms with Gasteiger partial charge in [0, 0.05) is 7.11 Å². The van der Waals surface area contributed by atoms with Gasteiger partial charge in [0.1, 0.15) is 11.4 Å². The predicted octanol–water partition coefficient (Wildman–Crippen LogP) is -0.150. The molecule has 96 valence electrons. The van der Waals surface area contributed by atoms with Crippen LogP contribution in [0.5, 0.6) is 5.75 Å². The van der Waals surface area contributed by atoms with Gasteiger partial charge in [-0.15, -0.1) is 0 Å². The van der Waals surface area contributed by atoms with E-state index >= 15 is 0 Å². The van der Waals surface area contributed by atoms with Gasteiger partial charge in [0.15, 0.2) is 11.6 Å². The molecule has 1 heterocycles. The van der Waals surface area contributed by atoms with Crippen LogP contribution >= 0.6 is 0 Å². The number of ether oxygens (including phenoxy) is 2. The number of nitrogens with two attached hydrogens (primary N) is 1. The third-order valence-electron chi connectivity index (χ3n) is 2.34. The molecule has 2 N–H and O–H groups in total. The summed E-state index contributed by atoms with van der Waals surface area (Å²) in [5.74, 6) is 0.724. The van der Waals surface area contributed by atoms with Crippen LogP contribution in [0.25, 0.3) is 0 Å². The molecule has 17 heavy (non-hydrogen) atoms. The van der Waals surface area contributed by atoms with Crippen molar-refractivity contribution in [1.82, 2.24) is 9.97 Å². The third kappa shape index (κ3) is 3.35. The molecular formula is C9H15N3O4S. The zero-order chi connectivity index (χ0) is 13.1. The van der Waals surface area contributed by atoms with Gasteiger partial charge in [-0.3, -0.25) is 0 Å². The van der Waals surface area contributed by atoms with Crippen molar-refractivity contribution in [1.29, 1.82) is 0 Å². The Morgan fingerprint density at radius 2 is 1.82 bits per heavy atom. The zero-order valence-corrected chi connectivity index (χ0v) is 10.6. The molecule has 0 aliphatic heterocycles. The lowest BCUT2D eigenvalue weighted by Gasteiger charge is -2.19. The van der Waals surface area contributed by atoms with Gasteiger partial charge >= 0.3 is 0 Å². The molecule has 0 spiro atoms. The van der Waals surface area contributed by atoms with Crippen molar-refractivity contribution in [2.24, 2.45) is 5.14 Å². The van der Waals surface area contributed by atoms with Crippen LogP contribution in [-0.4, -0.2) is 37.9 Å². The van der Waals surface area contributed by atoms with E-state index in [-0.39, 0.29) is 5.82 Å². The Balaban J connectivity index is 3.01. The second kappa shape index (κ2) is 5.39. The molecule has 7 nitrogen and oxygen atoms in total. The average molecular weight is 261 g/mol. The Kier molecular flexibility index (Phi) is 4.38. The van der Waals surface area contributed by atoms with E-state index in [2.05, 4.69) is 9.97 Å². The molecule has 0 saturated carbocycles. The average Bonchev–Trinajstić information content (AvgIpc) is 2.29. The smallest absolute Gasteiger partial charge is 0.214 e. The number of hydrogen-bond donors (Lipinski definition) is 1. The molecule has 0 saturated heterocycles. The van der Waals surface area contributed by atoms with E-state index in [1.165, 1.54) is 33.5 Å². The van der Waals surface area contributed by atoms with Crippen LogP contribution in [-0.2, 0) is 14.8 Å². The van der Waals surface area contributed by atoms with Crippen molar-refractivity contribution in [3.05, 3.63) is 18.2 Å². The largest absolute Gasteiger partial charge is 0.494 e. The van der Waals surface area contributed by atoms with Crippen LogP contribution < -0.4 is 9.88 Å². The Labute approximate surface area is 100 Å². The summed E-state index contributed by atoms with van der Waals surface area (Å²) in [6.07, 6.45) is 2.06. The molecule has 2 atom stereocenters. The number of primary sulfonamides is 1. The Hall–Kier alpha value is -1.25. The Bertz CT molecular complexity index is 460. The Morgan fingerprint density at radius 1 is 1.29 bits per heavy atom. The van der Waals surface area contributed by atoms with E-state index in [9.17, 15) is 8.42 Å². The highest BCUT2D eigenvalue weighted by Crippen LogP contribution is 2.21. The van der Waals surface area contributed by atoms with Gasteiger partial charge in [0.05, 0.1) is 19.5 Å². The molecule has 8 heteroatoms. The summed E-state index contributed by atoms with van der Waals surface area (Å²) in [6, 6.07) is 0. The van der Waals surface area contributed by atoms with Crippen LogP contribution in [0.3, 0.4) is 0 Å². The van der Waals surface area contributed by atoms with Crippen molar-refractivity contribution in [3.8, 4) is 5.75 Å². The van der Waals surface area contributed by atoms with Gasteiger partial charge in [-0.05, 0) is 6.92 Å². The van der Waals surface area contributed by atoms with Gasteiger partial charge in [-0.1, -0.05) is 0 Å². The molecule has 0 aliphatic rings. The van der Waals surface area contributed by atoms with Crippen molar-refractivity contribution in [2.75, 3.05) is 14.2 Å². The molecule has 1 rings (SSSR count). The first-order chi connectivity index (χ1) is 7.90. The number of rotatable bonds is 5. The topological polar surface area (TPSA) is 104 Å². The van der Waals surface area contributed by atoms with Gasteiger partial charge < -0.3 is 9.47 Å². The maximum Gasteiger partial charge on any atom is 0.214 e. The molecule has 0 aromatic carbocycles. The maximum atomic E-state index is 11.2. The first-order valence-electron chi connectivity index (χ1n) is 4.80. The number of aromatic nitrogens is 2. The normalized spacial score (nSPS) is 15.3. The summed E-state index contributed by atoms with van der Waals surface area (Å²) in [5.41, 5.74) is 0. The quantitative estimate of drug-likeness (QED) is 0.790. The van der Waals surface area contributed by atoms with Crippen LogP contribution in [0.4, 0.5) is 0 Å². The second-order valence-electron chi connectivity index (χ2n) is 3.43. The van der Waals surface area contributed by atoms with Crippen molar-refractivity contribution in [2.45, 2.75) is 18.3 Å². The maximum absolute atomic E-state index is 11.2. The number of nitrogens with zero attached hydrogens (tertiary/aromatic N) is 2. The molecule has 0 unspecified atom stereocenters. The minimum absolute atomic E-state index is 0.245. The summed E-state index contributed by atoms with van der Waals surface area (Å²) in [4.78, 5) is 7.95. The Morgan fingerprint density at radius 3 is 2.18 bits per heavy atom. The highest BCUT2D eigenvalue weighted by atomic mass is 32.2. The molecule has 0 aliphatic carbocycles. The van der Waals surface area contributed by atoms with E-state index in [1.54, 1.807) is 0 Å². The van der Waals surface area contributed by atoms with Crippen LogP contribution in [0.1, 0.15) is 18.9 Å². The van der Waals surface area contributed by atoms with Crippen molar-refractivity contribution in [3.63, 3.8) is 0 Å². The standard InChI is InChI=1S/C9H15N3O4S/c1-6(17(10,13)14)8(16-3)9-11-4-7(15-2)5-12-9/h4-6,8H,1-3H3,(H2,10,13,14)/t6-,8-/m0/s1. The fraction of sp³-hybridized carbons (Fsp3) is 0.556. The molecule has 1 aromatic rings. The number of methoxy groups -OCH3 is 2. The number of sulfonamides is 1. The highest BCUT2D eigenvalue weighted by Gasteiger charge is 2.30. The van der Waals surface area contributed by atoms with Gasteiger partial charge in [0.25, 0.3) is 0 Å². The fourth-order valence-corrected chi connectivity index (χ4v) is 1.84. The highest BCUT2D eigenvalue weighted by molar-refractivity contribution is 7.89. The van der Waals surface area contributed by atoms with E-state index in [4.69, 9.17) is 14.6 Å². The molecule has 0 fully saturated rings. The lowest BCUT2D eigenvalue weighted by Crippen LogP contribution is -2.33. The van der Waals surface area contributed by atoms with E-state index in [0.29, 0.717) is 5.75 Å². The minimum atomic E-state index is -3.71. The molecule has 0 radical (unpaired) electrons. The first-order valence-corrected chi connectivity index (χ1v) is 6.41. The summed E-state index contributed by atoms with van der Waals surface area (Å²) in [7, 11) is -0.854. The third-order valence-corrected chi connectivity index (χ3v) is 3.62. The molecule has 0 bridgehead atoms. The van der Waals surface area contributed by atoms with Crippen LogP contribution in [0.15, 0.2) is 12.4 Å². The lowest BCUT2D eigenvalue weighted by molar-refractivity contribution is 0.0947. The van der Waals surface area contributed by atoms with Crippen LogP contribution in [0.2, 0.25) is 0 Å². The van der Waals surface area contributed by atoms with Crippen molar-refractivity contribution < 1.29 is 17.9 Å². The van der Waals surface area contributed by atoms with Gasteiger partial charge in [0.2, 0.25) is 10.0 Å². The summed E-state index contributed by atoms with van der Waals surface area (Å²) >= 11 is 0. The lowest BCUT2D eigenvalue weighted by atomic mass is 10.2. The first kappa shape index (κ1) is 13.8. The summed E-state index contributed by atoms with van der Waals surface area (Å²) < 4.78 is 32.5. The summed E-state index contributed by atoms with van der Waals surface area (Å²) in [5, 5.41) is 4.13. The van der Waals surface area contributed by atoms with E-state index in [1.807, 2.05) is 0 Å². The minimum Gasteiger partial charge on any atom is -0.494 e. The zero-order valence-electron chi connectivity index (χ0n) is 9.82. The van der Waals surface area contributed by atoms with E-state index in [0.717, 1.165) is 0 Å². The second-order valence-corrected chi connectivity index (χ2v) is 5.35. The number of hydrogen-bond acceptors (Lipinski definition) is 6. The predicted molar refractivity (Wildman–Crippen MR) is 60.9 cm³/mol. The molecular weight excluding hydrogens is 246 g/mol. The van der Waals surface area contributed by atoms with Gasteiger partial charge in [-0.2, -0.15) is 0 Å². The van der Waals surface area contributed by atoms with Crippen LogP contribution in [0, 0.1) is 0 Å². The molecule has 1 aromatic heterocycles.